The molecule has 3 saturated heterocycles. The Labute approximate surface area is 171 Å². The Balaban J connectivity index is 1.47. The Hall–Kier alpha value is -2.09. The fraction of sp³-hybridized carbons (Fsp3) is 0.762. The number of carbonyl (C=O) groups is 3. The normalized spacial score (nSPS) is 33.0. The van der Waals surface area contributed by atoms with Crippen LogP contribution in [0.2, 0.25) is 0 Å². The molecule has 3 fully saturated rings. The summed E-state index contributed by atoms with van der Waals surface area (Å²) >= 11 is 0. The maximum Gasteiger partial charge on any atom is 0.409 e. The highest BCUT2D eigenvalue weighted by Crippen LogP contribution is 2.52. The van der Waals surface area contributed by atoms with E-state index < -0.39 is 17.4 Å². The SMILES string of the molecule is CCC(CC)CN1C[C@]23C=C[C@H](O2)C(C(=O)N2CCN(C(=O)OC)CC2)C3C1=O. The van der Waals surface area contributed by atoms with E-state index in [0.29, 0.717) is 38.6 Å². The zero-order valence-electron chi connectivity index (χ0n) is 17.5. The van der Waals surface area contributed by atoms with E-state index in [9.17, 15) is 14.4 Å². The highest BCUT2D eigenvalue weighted by molar-refractivity contribution is 5.93. The summed E-state index contributed by atoms with van der Waals surface area (Å²) in [5.41, 5.74) is -0.651. The van der Waals surface area contributed by atoms with Crippen molar-refractivity contribution in [1.29, 1.82) is 0 Å². The molecule has 160 valence electrons. The van der Waals surface area contributed by atoms with E-state index >= 15 is 0 Å². The molecule has 0 N–H and O–H groups in total. The first-order valence-corrected chi connectivity index (χ1v) is 10.7. The summed E-state index contributed by atoms with van der Waals surface area (Å²) in [5.74, 6) is -0.415. The van der Waals surface area contributed by atoms with Gasteiger partial charge < -0.3 is 24.2 Å². The molecule has 2 unspecified atom stereocenters. The largest absolute Gasteiger partial charge is 0.453 e. The van der Waals surface area contributed by atoms with Gasteiger partial charge in [-0.3, -0.25) is 9.59 Å². The number of hydrogen-bond acceptors (Lipinski definition) is 5. The quantitative estimate of drug-likeness (QED) is 0.641. The number of carbonyl (C=O) groups excluding carboxylic acids is 3. The van der Waals surface area contributed by atoms with Gasteiger partial charge in [0, 0.05) is 32.7 Å². The van der Waals surface area contributed by atoms with Crippen LogP contribution < -0.4 is 0 Å². The number of methoxy groups -OCH3 is 1. The number of ether oxygens (including phenoxy) is 2. The lowest BCUT2D eigenvalue weighted by molar-refractivity contribution is -0.144. The van der Waals surface area contributed by atoms with E-state index in [4.69, 9.17) is 9.47 Å². The van der Waals surface area contributed by atoms with Gasteiger partial charge in [-0.05, 0) is 5.92 Å². The molecule has 8 heteroatoms. The van der Waals surface area contributed by atoms with Crippen LogP contribution in [-0.2, 0) is 19.1 Å². The molecule has 8 nitrogen and oxygen atoms in total. The number of amides is 3. The van der Waals surface area contributed by atoms with Gasteiger partial charge in [0.25, 0.3) is 0 Å². The molecule has 2 bridgehead atoms. The third-order valence-corrected chi connectivity index (χ3v) is 7.12. The van der Waals surface area contributed by atoms with Gasteiger partial charge in [0.1, 0.15) is 5.60 Å². The van der Waals surface area contributed by atoms with Gasteiger partial charge in [-0.25, -0.2) is 4.79 Å². The van der Waals surface area contributed by atoms with Crippen LogP contribution in [0.5, 0.6) is 0 Å². The van der Waals surface area contributed by atoms with Gasteiger partial charge >= 0.3 is 6.09 Å². The highest BCUT2D eigenvalue weighted by Gasteiger charge is 2.67. The predicted molar refractivity (Wildman–Crippen MR) is 105 cm³/mol. The van der Waals surface area contributed by atoms with E-state index in [1.807, 2.05) is 17.1 Å². The molecule has 4 rings (SSSR count). The summed E-state index contributed by atoms with van der Waals surface area (Å²) in [6.45, 7) is 7.35. The minimum absolute atomic E-state index is 0.0338. The van der Waals surface area contributed by atoms with Crippen LogP contribution in [-0.4, -0.2) is 90.7 Å². The molecule has 4 aliphatic rings. The van der Waals surface area contributed by atoms with E-state index in [2.05, 4.69) is 13.8 Å². The second kappa shape index (κ2) is 7.63. The predicted octanol–water partition coefficient (Wildman–Crippen LogP) is 1.12. The molecular weight excluding hydrogens is 374 g/mol. The van der Waals surface area contributed by atoms with Crippen LogP contribution in [0, 0.1) is 17.8 Å². The number of nitrogens with zero attached hydrogens (tertiary/aromatic N) is 3. The maximum atomic E-state index is 13.4. The summed E-state index contributed by atoms with van der Waals surface area (Å²) in [6.07, 6.45) is 5.33. The van der Waals surface area contributed by atoms with Crippen LogP contribution >= 0.6 is 0 Å². The molecule has 4 heterocycles. The molecule has 3 amide bonds. The Morgan fingerprint density at radius 3 is 2.48 bits per heavy atom. The lowest BCUT2D eigenvalue weighted by Gasteiger charge is -2.36. The molecule has 29 heavy (non-hydrogen) atoms. The van der Waals surface area contributed by atoms with Crippen molar-refractivity contribution in [2.45, 2.75) is 38.4 Å². The van der Waals surface area contributed by atoms with Crippen molar-refractivity contribution >= 4 is 17.9 Å². The Kier molecular flexibility index (Phi) is 5.31. The van der Waals surface area contributed by atoms with Gasteiger partial charge in [-0.1, -0.05) is 38.8 Å². The van der Waals surface area contributed by atoms with E-state index in [-0.39, 0.29) is 24.0 Å². The fourth-order valence-corrected chi connectivity index (χ4v) is 5.32. The lowest BCUT2D eigenvalue weighted by Crippen LogP contribution is -2.54. The Morgan fingerprint density at radius 1 is 1.21 bits per heavy atom. The maximum absolute atomic E-state index is 13.4. The van der Waals surface area contributed by atoms with Crippen molar-refractivity contribution in [3.8, 4) is 0 Å². The first kappa shape index (κ1) is 20.2. The second-order valence-corrected chi connectivity index (χ2v) is 8.58. The second-order valence-electron chi connectivity index (χ2n) is 8.58. The third-order valence-electron chi connectivity index (χ3n) is 7.12. The molecule has 4 atom stereocenters. The molecule has 0 saturated carbocycles. The summed E-state index contributed by atoms with van der Waals surface area (Å²) in [6, 6.07) is 0. The Bertz CT molecular complexity index is 713. The molecule has 0 aromatic heterocycles. The first-order chi connectivity index (χ1) is 13.9. The average molecular weight is 405 g/mol. The van der Waals surface area contributed by atoms with Crippen molar-refractivity contribution in [1.82, 2.24) is 14.7 Å². The summed E-state index contributed by atoms with van der Waals surface area (Å²) < 4.78 is 11.0. The lowest BCUT2D eigenvalue weighted by atomic mass is 9.76. The average Bonchev–Trinajstić information content (AvgIpc) is 3.39. The first-order valence-electron chi connectivity index (χ1n) is 10.7. The minimum Gasteiger partial charge on any atom is -0.453 e. The Morgan fingerprint density at radius 2 is 1.86 bits per heavy atom. The number of likely N-dealkylation sites (tertiary alicyclic amines) is 1. The highest BCUT2D eigenvalue weighted by atomic mass is 16.5. The van der Waals surface area contributed by atoms with Crippen LogP contribution in [0.4, 0.5) is 4.79 Å². The smallest absolute Gasteiger partial charge is 0.409 e. The van der Waals surface area contributed by atoms with Gasteiger partial charge in [0.15, 0.2) is 0 Å². The van der Waals surface area contributed by atoms with Crippen LogP contribution in [0.15, 0.2) is 12.2 Å². The summed E-state index contributed by atoms with van der Waals surface area (Å²) in [7, 11) is 1.36. The standard InChI is InChI=1S/C21H31N3O5/c1-4-14(5-2)12-24-13-21-7-6-15(29-21)16(17(21)19(24)26)18(25)22-8-10-23(11-9-22)20(27)28-3/h6-7,14-17H,4-5,8-13H2,1-3H3/t15-,16?,17?,21-/m0/s1. The summed E-state index contributed by atoms with van der Waals surface area (Å²) in [5, 5.41) is 0. The topological polar surface area (TPSA) is 79.4 Å². The van der Waals surface area contributed by atoms with Gasteiger partial charge in [0.2, 0.25) is 11.8 Å². The zero-order valence-corrected chi connectivity index (χ0v) is 17.5. The molecule has 0 aliphatic carbocycles. The van der Waals surface area contributed by atoms with Crippen molar-refractivity contribution in [2.24, 2.45) is 17.8 Å². The molecule has 0 aromatic carbocycles. The third kappa shape index (κ3) is 3.21. The number of fused-ring (bicyclic) bond motifs is 1. The van der Waals surface area contributed by atoms with Crippen molar-refractivity contribution in [3.05, 3.63) is 12.2 Å². The van der Waals surface area contributed by atoms with Gasteiger partial charge in [-0.2, -0.15) is 0 Å². The van der Waals surface area contributed by atoms with Gasteiger partial charge in [0.05, 0.1) is 31.6 Å². The monoisotopic (exact) mass is 405 g/mol. The van der Waals surface area contributed by atoms with Crippen molar-refractivity contribution in [2.75, 3.05) is 46.4 Å². The number of hydrogen-bond donors (Lipinski definition) is 0. The number of rotatable bonds is 5. The zero-order chi connectivity index (χ0) is 20.8. The van der Waals surface area contributed by atoms with Crippen molar-refractivity contribution < 1.29 is 23.9 Å². The van der Waals surface area contributed by atoms with E-state index in [0.717, 1.165) is 19.4 Å². The van der Waals surface area contributed by atoms with Crippen molar-refractivity contribution in [3.63, 3.8) is 0 Å². The fourth-order valence-electron chi connectivity index (χ4n) is 5.32. The molecular formula is C21H31N3O5. The van der Waals surface area contributed by atoms with E-state index in [1.54, 1.807) is 9.80 Å². The minimum atomic E-state index is -0.651. The summed E-state index contributed by atoms with van der Waals surface area (Å²) in [4.78, 5) is 43.6. The number of piperazine rings is 1. The van der Waals surface area contributed by atoms with Crippen LogP contribution in [0.1, 0.15) is 26.7 Å². The van der Waals surface area contributed by atoms with E-state index in [1.165, 1.54) is 7.11 Å². The molecule has 0 aromatic rings. The molecule has 0 radical (unpaired) electrons. The van der Waals surface area contributed by atoms with Crippen LogP contribution in [0.3, 0.4) is 0 Å². The van der Waals surface area contributed by atoms with Gasteiger partial charge in [-0.15, -0.1) is 0 Å². The van der Waals surface area contributed by atoms with Crippen LogP contribution in [0.25, 0.3) is 0 Å². The molecule has 1 spiro atoms. The molecule has 4 aliphatic heterocycles.